The van der Waals surface area contributed by atoms with Crippen molar-refractivity contribution in [2.45, 2.75) is 26.4 Å². The van der Waals surface area contributed by atoms with Crippen LogP contribution in [0.5, 0.6) is 11.5 Å². The lowest BCUT2D eigenvalue weighted by atomic mass is 10.2. The highest BCUT2D eigenvalue weighted by atomic mass is 16.5. The minimum Gasteiger partial charge on any atom is -0.546 e. The Kier molecular flexibility index (Phi) is 10.0. The number of carboxylic acid groups (broad SMARTS) is 1. The van der Waals surface area contributed by atoms with Gasteiger partial charge in [-0.1, -0.05) is 0 Å². The Morgan fingerprint density at radius 2 is 1.96 bits per heavy atom. The highest BCUT2D eigenvalue weighted by molar-refractivity contribution is 6.35. The maximum atomic E-state index is 11.7. The number of hydrogen-bond acceptors (Lipinski definition) is 8. The maximum absolute atomic E-state index is 11.7. The maximum Gasteiger partial charge on any atom is 0.329 e. The number of methoxy groups -OCH3 is 1. The summed E-state index contributed by atoms with van der Waals surface area (Å²) in [4.78, 5) is 33.7. The number of ether oxygens (including phenoxy) is 3. The fourth-order valence-corrected chi connectivity index (χ4v) is 1.91. The van der Waals surface area contributed by atoms with E-state index in [2.05, 4.69) is 15.8 Å². The number of amides is 2. The van der Waals surface area contributed by atoms with Crippen molar-refractivity contribution in [1.82, 2.24) is 10.7 Å². The van der Waals surface area contributed by atoms with Gasteiger partial charge in [0, 0.05) is 13.2 Å². The first-order valence-corrected chi connectivity index (χ1v) is 8.57. The summed E-state index contributed by atoms with van der Waals surface area (Å²) in [7, 11) is 1.39. The molecule has 1 aromatic rings. The molecule has 1 rings (SSSR count). The number of aliphatic carboxylic acids is 1. The molecule has 154 valence electrons. The second-order valence-electron chi connectivity index (χ2n) is 5.80. The van der Waals surface area contributed by atoms with Crippen molar-refractivity contribution in [3.63, 3.8) is 0 Å². The second-order valence-corrected chi connectivity index (χ2v) is 5.80. The van der Waals surface area contributed by atoms with Gasteiger partial charge >= 0.3 is 11.8 Å². The van der Waals surface area contributed by atoms with Crippen LogP contribution in [0.2, 0.25) is 0 Å². The molecule has 0 fully saturated rings. The van der Waals surface area contributed by atoms with Gasteiger partial charge in [-0.15, -0.1) is 0 Å². The lowest BCUT2D eigenvalue weighted by Gasteiger charge is -2.11. The summed E-state index contributed by atoms with van der Waals surface area (Å²) in [6.07, 6.45) is 2.00. The van der Waals surface area contributed by atoms with E-state index in [1.165, 1.54) is 25.5 Å². The summed E-state index contributed by atoms with van der Waals surface area (Å²) in [6.45, 7) is 4.01. The van der Waals surface area contributed by atoms with Gasteiger partial charge in [0.15, 0.2) is 11.5 Å². The minimum absolute atomic E-state index is 0.113. The fraction of sp³-hybridized carbons (Fsp3) is 0.444. The number of carbonyl (C=O) groups is 3. The first kappa shape index (κ1) is 22.9. The topological polar surface area (TPSA) is 138 Å². The van der Waals surface area contributed by atoms with Crippen LogP contribution in [-0.2, 0) is 19.1 Å². The predicted molar refractivity (Wildman–Crippen MR) is 97.9 cm³/mol. The van der Waals surface area contributed by atoms with Crippen LogP contribution in [0.15, 0.2) is 23.3 Å². The number of hydrazone groups is 1. The molecule has 0 heterocycles. The third-order valence-corrected chi connectivity index (χ3v) is 3.18. The molecule has 0 spiro atoms. The third-order valence-electron chi connectivity index (χ3n) is 3.18. The Morgan fingerprint density at radius 3 is 2.61 bits per heavy atom. The number of benzene rings is 1. The Hall–Kier alpha value is -3.14. The van der Waals surface area contributed by atoms with Crippen LogP contribution in [0.25, 0.3) is 0 Å². The Morgan fingerprint density at radius 1 is 1.21 bits per heavy atom. The van der Waals surface area contributed by atoms with Crippen molar-refractivity contribution in [1.29, 1.82) is 0 Å². The van der Waals surface area contributed by atoms with Crippen molar-refractivity contribution in [2.24, 2.45) is 5.10 Å². The molecule has 0 aliphatic heterocycles. The molecule has 0 saturated carbocycles. The molecule has 10 heteroatoms. The summed E-state index contributed by atoms with van der Waals surface area (Å²) in [5.41, 5.74) is 2.64. The zero-order valence-electron chi connectivity index (χ0n) is 16.0. The number of rotatable bonds is 11. The van der Waals surface area contributed by atoms with Crippen LogP contribution in [-0.4, -0.2) is 57.0 Å². The summed E-state index contributed by atoms with van der Waals surface area (Å²) < 4.78 is 15.4. The molecular weight excluding hydrogens is 370 g/mol. The van der Waals surface area contributed by atoms with E-state index in [0.29, 0.717) is 25.1 Å². The molecule has 0 radical (unpaired) electrons. The van der Waals surface area contributed by atoms with Gasteiger partial charge < -0.3 is 29.4 Å². The average molecular weight is 394 g/mol. The summed E-state index contributed by atoms with van der Waals surface area (Å²) in [6, 6.07) is 4.57. The molecule has 1 aromatic carbocycles. The number of hydrogen-bond donors (Lipinski definition) is 2. The summed E-state index contributed by atoms with van der Waals surface area (Å²) in [5.74, 6) is -2.57. The van der Waals surface area contributed by atoms with E-state index < -0.39 is 24.4 Å². The van der Waals surface area contributed by atoms with Crippen LogP contribution in [0.3, 0.4) is 0 Å². The molecule has 0 aliphatic rings. The van der Waals surface area contributed by atoms with E-state index >= 15 is 0 Å². The standard InChI is InChI=1S/C18H25N3O7/c1-12(2)27-8-4-7-19-17(24)18(25)21-20-10-13-5-6-14(15(9-13)26-3)28-11-16(22)23/h5-6,9-10,12H,4,7-8,11H2,1-3H3,(H,19,24)(H,21,25)(H,22,23)/p-1/b20-10-. The molecule has 0 saturated heterocycles. The van der Waals surface area contributed by atoms with Gasteiger partial charge in [0.05, 0.1) is 25.4 Å². The molecule has 10 nitrogen and oxygen atoms in total. The Bertz CT molecular complexity index is 704. The Balaban J connectivity index is 2.47. The fourth-order valence-electron chi connectivity index (χ4n) is 1.91. The summed E-state index contributed by atoms with van der Waals surface area (Å²) >= 11 is 0. The molecular formula is C18H24N3O7-. The lowest BCUT2D eigenvalue weighted by Crippen LogP contribution is -2.38. The van der Waals surface area contributed by atoms with Gasteiger partial charge in [-0.2, -0.15) is 5.10 Å². The van der Waals surface area contributed by atoms with Crippen LogP contribution in [0.1, 0.15) is 25.8 Å². The quantitative estimate of drug-likeness (QED) is 0.217. The highest BCUT2D eigenvalue weighted by Gasteiger charge is 2.11. The van der Waals surface area contributed by atoms with Crippen LogP contribution < -0.4 is 25.3 Å². The van der Waals surface area contributed by atoms with Crippen molar-refractivity contribution in [3.8, 4) is 11.5 Å². The smallest absolute Gasteiger partial charge is 0.329 e. The van der Waals surface area contributed by atoms with Crippen LogP contribution in [0, 0.1) is 0 Å². The van der Waals surface area contributed by atoms with Crippen LogP contribution in [0.4, 0.5) is 0 Å². The molecule has 0 aromatic heterocycles. The zero-order chi connectivity index (χ0) is 20.9. The van der Waals surface area contributed by atoms with Crippen molar-refractivity contribution in [2.75, 3.05) is 26.9 Å². The average Bonchev–Trinajstić information content (AvgIpc) is 2.65. The van der Waals surface area contributed by atoms with E-state index in [1.807, 2.05) is 13.8 Å². The third kappa shape index (κ3) is 8.99. The molecule has 0 aliphatic carbocycles. The minimum atomic E-state index is -1.36. The molecule has 0 bridgehead atoms. The van der Waals surface area contributed by atoms with Gasteiger partial charge in [0.25, 0.3) is 0 Å². The summed E-state index contributed by atoms with van der Waals surface area (Å²) in [5, 5.41) is 16.6. The lowest BCUT2D eigenvalue weighted by molar-refractivity contribution is -0.307. The molecule has 28 heavy (non-hydrogen) atoms. The first-order valence-electron chi connectivity index (χ1n) is 8.57. The molecule has 0 unspecified atom stereocenters. The van der Waals surface area contributed by atoms with E-state index in [-0.39, 0.29) is 17.6 Å². The zero-order valence-corrected chi connectivity index (χ0v) is 16.0. The van der Waals surface area contributed by atoms with Gasteiger partial charge in [0.1, 0.15) is 6.61 Å². The van der Waals surface area contributed by atoms with Crippen molar-refractivity contribution < 1.29 is 33.7 Å². The van der Waals surface area contributed by atoms with Gasteiger partial charge in [0.2, 0.25) is 0 Å². The monoisotopic (exact) mass is 394 g/mol. The second kappa shape index (κ2) is 12.3. The largest absolute Gasteiger partial charge is 0.546 e. The van der Waals surface area contributed by atoms with E-state index in [0.717, 1.165) is 0 Å². The van der Waals surface area contributed by atoms with Crippen molar-refractivity contribution >= 4 is 24.0 Å². The normalized spacial score (nSPS) is 10.7. The number of carboxylic acids is 1. The van der Waals surface area contributed by atoms with Crippen molar-refractivity contribution in [3.05, 3.63) is 23.8 Å². The van der Waals surface area contributed by atoms with Gasteiger partial charge in [-0.3, -0.25) is 9.59 Å². The predicted octanol–water partition coefficient (Wildman–Crippen LogP) is -0.795. The Labute approximate surface area is 162 Å². The molecule has 2 amide bonds. The van der Waals surface area contributed by atoms with E-state index in [4.69, 9.17) is 14.2 Å². The van der Waals surface area contributed by atoms with Crippen LogP contribution >= 0.6 is 0 Å². The SMILES string of the molecule is COc1cc(/C=N\NC(=O)C(=O)NCCCOC(C)C)ccc1OCC(=O)[O-]. The van der Waals surface area contributed by atoms with E-state index in [1.54, 1.807) is 6.07 Å². The number of carbonyl (C=O) groups excluding carboxylic acids is 3. The van der Waals surface area contributed by atoms with Gasteiger partial charge in [-0.25, -0.2) is 5.43 Å². The van der Waals surface area contributed by atoms with Gasteiger partial charge in [-0.05, 0) is 44.0 Å². The molecule has 2 N–H and O–H groups in total. The number of nitrogens with one attached hydrogen (secondary N) is 2. The first-order chi connectivity index (χ1) is 13.3. The molecule has 0 atom stereocenters. The highest BCUT2D eigenvalue weighted by Crippen LogP contribution is 2.27. The number of nitrogens with zero attached hydrogens (tertiary/aromatic N) is 1. The van der Waals surface area contributed by atoms with E-state index in [9.17, 15) is 19.5 Å².